The lowest BCUT2D eigenvalue weighted by Gasteiger charge is -2.30. The van der Waals surface area contributed by atoms with Crippen molar-refractivity contribution < 1.29 is 17.6 Å². The second kappa shape index (κ2) is 7.37. The van der Waals surface area contributed by atoms with E-state index in [1.54, 1.807) is 25.1 Å². The van der Waals surface area contributed by atoms with E-state index in [9.17, 15) is 28.1 Å². The molecule has 0 spiro atoms. The van der Waals surface area contributed by atoms with Crippen LogP contribution < -0.4 is 0 Å². The van der Waals surface area contributed by atoms with Gasteiger partial charge in [0.2, 0.25) is 0 Å². The van der Waals surface area contributed by atoms with Gasteiger partial charge in [-0.1, -0.05) is 18.2 Å². The first-order valence-electron chi connectivity index (χ1n) is 9.15. The number of fused-ring (bicyclic) bond motifs is 1. The first-order valence-corrected chi connectivity index (χ1v) is 9.15. The van der Waals surface area contributed by atoms with Gasteiger partial charge in [-0.25, -0.2) is 9.38 Å². The van der Waals surface area contributed by atoms with Gasteiger partial charge in [-0.3, -0.25) is 5.10 Å². The SMILES string of the molecule is Cc1[nH]nc2ccc(C3C(C#N)=C(c4cccc(F)c4)N=C(C(F)(F)F)C3C#N)cc12. The number of allylic oxidation sites excluding steroid dienone is 1. The van der Waals surface area contributed by atoms with Crippen LogP contribution in [0.25, 0.3) is 16.6 Å². The Balaban J connectivity index is 2.03. The highest BCUT2D eigenvalue weighted by Crippen LogP contribution is 2.45. The number of rotatable bonds is 2. The Hall–Kier alpha value is -3.98. The number of aryl methyl sites for hydroxylation is 1. The second-order valence-corrected chi connectivity index (χ2v) is 7.09. The van der Waals surface area contributed by atoms with Crippen LogP contribution in [0, 0.1) is 41.3 Å². The minimum absolute atomic E-state index is 0.0280. The number of H-pyrrole nitrogens is 1. The molecule has 0 bridgehead atoms. The molecular formula is C22H13F4N5. The first-order chi connectivity index (χ1) is 14.7. The van der Waals surface area contributed by atoms with Gasteiger partial charge in [-0.15, -0.1) is 0 Å². The normalized spacial score (nSPS) is 19.1. The lowest BCUT2D eigenvalue weighted by Crippen LogP contribution is -2.36. The average molecular weight is 423 g/mol. The fourth-order valence-corrected chi connectivity index (χ4v) is 3.78. The van der Waals surface area contributed by atoms with Crippen molar-refractivity contribution in [3.63, 3.8) is 0 Å². The summed E-state index contributed by atoms with van der Waals surface area (Å²) in [7, 11) is 0. The van der Waals surface area contributed by atoms with Crippen molar-refractivity contribution in [2.45, 2.75) is 19.0 Å². The van der Waals surface area contributed by atoms with E-state index in [2.05, 4.69) is 15.2 Å². The predicted octanol–water partition coefficient (Wildman–Crippen LogP) is 5.19. The predicted molar refractivity (Wildman–Crippen MR) is 105 cm³/mol. The number of benzene rings is 2. The van der Waals surface area contributed by atoms with E-state index < -0.39 is 29.5 Å². The molecule has 0 aliphatic carbocycles. The van der Waals surface area contributed by atoms with Crippen LogP contribution in [0.5, 0.6) is 0 Å². The molecule has 1 aliphatic rings. The fourth-order valence-electron chi connectivity index (χ4n) is 3.78. The molecule has 0 saturated heterocycles. The van der Waals surface area contributed by atoms with E-state index in [4.69, 9.17) is 0 Å². The van der Waals surface area contributed by atoms with Crippen LogP contribution in [-0.2, 0) is 0 Å². The Labute approximate surface area is 173 Å². The molecule has 9 heteroatoms. The molecule has 0 saturated carbocycles. The molecule has 4 rings (SSSR count). The molecule has 2 aromatic carbocycles. The van der Waals surface area contributed by atoms with Crippen molar-refractivity contribution >= 4 is 22.3 Å². The van der Waals surface area contributed by atoms with Gasteiger partial charge in [0.05, 0.1) is 28.9 Å². The number of alkyl halides is 3. The minimum Gasteiger partial charge on any atom is -0.282 e. The summed E-state index contributed by atoms with van der Waals surface area (Å²) in [6.45, 7) is 1.75. The van der Waals surface area contributed by atoms with Crippen LogP contribution in [0.1, 0.15) is 22.7 Å². The van der Waals surface area contributed by atoms with E-state index in [1.807, 2.05) is 6.07 Å². The number of nitrogens with zero attached hydrogens (tertiary/aromatic N) is 4. The third-order valence-electron chi connectivity index (χ3n) is 5.20. The molecule has 2 unspecified atom stereocenters. The van der Waals surface area contributed by atoms with Crippen molar-refractivity contribution in [3.8, 4) is 12.1 Å². The Kier molecular flexibility index (Phi) is 4.82. The summed E-state index contributed by atoms with van der Waals surface area (Å²) in [5.41, 5.74) is -0.0875. The summed E-state index contributed by atoms with van der Waals surface area (Å²) >= 11 is 0. The summed E-state index contributed by atoms with van der Waals surface area (Å²) < 4.78 is 55.4. The highest BCUT2D eigenvalue weighted by Gasteiger charge is 2.48. The van der Waals surface area contributed by atoms with Crippen LogP contribution in [0.2, 0.25) is 0 Å². The van der Waals surface area contributed by atoms with Crippen molar-refractivity contribution in [2.24, 2.45) is 10.9 Å². The van der Waals surface area contributed by atoms with Gasteiger partial charge in [0.1, 0.15) is 17.4 Å². The zero-order valence-corrected chi connectivity index (χ0v) is 16.0. The van der Waals surface area contributed by atoms with Crippen molar-refractivity contribution in [1.29, 1.82) is 10.5 Å². The second-order valence-electron chi connectivity index (χ2n) is 7.09. The standard InChI is InChI=1S/C22H13F4N5/c1-11-15-8-12(5-6-18(15)31-30-11)19-16(9-27)20(13-3-2-4-14(23)7-13)29-21(17(19)10-28)22(24,25)26/h2-8,17,19H,1H3,(H,30,31). The number of aromatic amines is 1. The first kappa shape index (κ1) is 20.3. The monoisotopic (exact) mass is 423 g/mol. The summed E-state index contributed by atoms with van der Waals surface area (Å²) in [4.78, 5) is 3.66. The summed E-state index contributed by atoms with van der Waals surface area (Å²) in [5, 5.41) is 27.1. The quantitative estimate of drug-likeness (QED) is 0.576. The van der Waals surface area contributed by atoms with E-state index in [0.29, 0.717) is 22.2 Å². The van der Waals surface area contributed by atoms with E-state index in [1.165, 1.54) is 18.2 Å². The maximum absolute atomic E-state index is 13.9. The molecule has 0 radical (unpaired) electrons. The van der Waals surface area contributed by atoms with Crippen molar-refractivity contribution in [2.75, 3.05) is 0 Å². The van der Waals surface area contributed by atoms with Crippen molar-refractivity contribution in [3.05, 3.63) is 70.7 Å². The molecule has 2 heterocycles. The molecule has 3 aromatic rings. The van der Waals surface area contributed by atoms with Crippen LogP contribution in [0.15, 0.2) is 53.0 Å². The van der Waals surface area contributed by atoms with E-state index in [-0.39, 0.29) is 16.8 Å². The van der Waals surface area contributed by atoms with Crippen molar-refractivity contribution in [1.82, 2.24) is 10.2 Å². The Morgan fingerprint density at radius 2 is 1.87 bits per heavy atom. The van der Waals surface area contributed by atoms with E-state index >= 15 is 0 Å². The number of halogens is 4. The Morgan fingerprint density at radius 1 is 1.10 bits per heavy atom. The highest BCUT2D eigenvalue weighted by molar-refractivity contribution is 6.02. The zero-order valence-electron chi connectivity index (χ0n) is 16.0. The smallest absolute Gasteiger partial charge is 0.282 e. The summed E-state index contributed by atoms with van der Waals surface area (Å²) in [5.74, 6) is -3.65. The molecule has 1 aromatic heterocycles. The Bertz CT molecular complexity index is 1330. The van der Waals surface area contributed by atoms with Gasteiger partial charge in [-0.05, 0) is 36.8 Å². The van der Waals surface area contributed by atoms with Gasteiger partial charge in [0.25, 0.3) is 0 Å². The largest absolute Gasteiger partial charge is 0.430 e. The third-order valence-corrected chi connectivity index (χ3v) is 5.20. The molecule has 5 nitrogen and oxygen atoms in total. The van der Waals surface area contributed by atoms with Crippen LogP contribution in [0.4, 0.5) is 17.6 Å². The van der Waals surface area contributed by atoms with Gasteiger partial charge >= 0.3 is 6.18 Å². The maximum Gasteiger partial charge on any atom is 0.430 e. The number of hydrogen-bond donors (Lipinski definition) is 1. The van der Waals surface area contributed by atoms with Crippen LogP contribution >= 0.6 is 0 Å². The van der Waals surface area contributed by atoms with Gasteiger partial charge in [-0.2, -0.15) is 28.8 Å². The molecule has 0 fully saturated rings. The number of aromatic nitrogens is 2. The van der Waals surface area contributed by atoms with E-state index in [0.717, 1.165) is 12.1 Å². The van der Waals surface area contributed by atoms with Crippen LogP contribution in [0.3, 0.4) is 0 Å². The van der Waals surface area contributed by atoms with Crippen LogP contribution in [-0.4, -0.2) is 22.1 Å². The molecule has 154 valence electrons. The fraction of sp³-hybridized carbons (Fsp3) is 0.182. The molecule has 1 aliphatic heterocycles. The Morgan fingerprint density at radius 3 is 2.52 bits per heavy atom. The average Bonchev–Trinajstić information content (AvgIpc) is 3.11. The van der Waals surface area contributed by atoms with Gasteiger partial charge < -0.3 is 0 Å². The summed E-state index contributed by atoms with van der Waals surface area (Å²) in [6.07, 6.45) is -4.91. The van der Waals surface area contributed by atoms with Gasteiger partial charge in [0.15, 0.2) is 0 Å². The molecule has 31 heavy (non-hydrogen) atoms. The number of aliphatic imine (C=N–C) groups is 1. The number of nitrogens with one attached hydrogen (secondary N) is 1. The lowest BCUT2D eigenvalue weighted by molar-refractivity contribution is -0.0622. The molecular weight excluding hydrogens is 410 g/mol. The number of hydrogen-bond acceptors (Lipinski definition) is 4. The summed E-state index contributed by atoms with van der Waals surface area (Å²) in [6, 6.07) is 13.2. The topological polar surface area (TPSA) is 88.6 Å². The molecule has 2 atom stereocenters. The lowest BCUT2D eigenvalue weighted by atomic mass is 9.75. The highest BCUT2D eigenvalue weighted by atomic mass is 19.4. The third kappa shape index (κ3) is 3.44. The minimum atomic E-state index is -4.91. The molecule has 1 N–H and O–H groups in total. The number of nitriles is 2. The molecule has 0 amide bonds. The van der Waals surface area contributed by atoms with Gasteiger partial charge in [0, 0.05) is 22.6 Å². The maximum atomic E-state index is 13.9. The zero-order chi connectivity index (χ0) is 22.3.